The Morgan fingerprint density at radius 3 is 2.32 bits per heavy atom. The topological polar surface area (TPSA) is 71.4 Å². The molecule has 3 aromatic rings. The highest BCUT2D eigenvalue weighted by atomic mass is 32.2. The van der Waals surface area contributed by atoms with Crippen molar-refractivity contribution < 1.29 is 14.4 Å². The Labute approximate surface area is 184 Å². The van der Waals surface area contributed by atoms with E-state index >= 15 is 0 Å². The van der Waals surface area contributed by atoms with Crippen LogP contribution in [0, 0.1) is 13.8 Å². The van der Waals surface area contributed by atoms with E-state index in [4.69, 9.17) is 0 Å². The molecule has 1 N–H and O–H groups in total. The van der Waals surface area contributed by atoms with Crippen molar-refractivity contribution in [3.05, 3.63) is 88.6 Å². The molecule has 0 saturated carbocycles. The van der Waals surface area contributed by atoms with E-state index in [0.717, 1.165) is 39.3 Å². The van der Waals surface area contributed by atoms with E-state index in [9.17, 15) is 14.4 Å². The Bertz CT molecular complexity index is 1180. The number of nitrogens with zero attached hydrogens (tertiary/aromatic N) is 2. The van der Waals surface area contributed by atoms with E-state index in [-0.39, 0.29) is 6.54 Å². The molecule has 0 aliphatic carbocycles. The van der Waals surface area contributed by atoms with Crippen molar-refractivity contribution in [1.29, 1.82) is 0 Å². The average molecular weight is 432 g/mol. The number of nitrogens with one attached hydrogen (secondary N) is 1. The number of aryl methyl sites for hydroxylation is 1. The van der Waals surface area contributed by atoms with Crippen molar-refractivity contribution in [2.75, 3.05) is 11.9 Å². The Balaban J connectivity index is 1.53. The summed E-state index contributed by atoms with van der Waals surface area (Å²) in [6.07, 6.45) is 1.72. The minimum Gasteiger partial charge on any atom is -0.325 e. The summed E-state index contributed by atoms with van der Waals surface area (Å²) in [5, 5.41) is 2.25. The van der Waals surface area contributed by atoms with Gasteiger partial charge in [-0.1, -0.05) is 36.4 Å². The van der Waals surface area contributed by atoms with Crippen LogP contribution in [-0.4, -0.2) is 33.1 Å². The van der Waals surface area contributed by atoms with Crippen molar-refractivity contribution in [2.45, 2.75) is 13.8 Å². The van der Waals surface area contributed by atoms with E-state index in [0.29, 0.717) is 10.6 Å². The quantitative estimate of drug-likeness (QED) is 0.591. The lowest BCUT2D eigenvalue weighted by Crippen LogP contribution is -2.36. The Morgan fingerprint density at radius 2 is 1.65 bits per heavy atom. The molecule has 0 radical (unpaired) electrons. The Hall–Kier alpha value is -3.58. The van der Waals surface area contributed by atoms with Gasteiger partial charge in [0.05, 0.1) is 4.91 Å². The summed E-state index contributed by atoms with van der Waals surface area (Å²) in [7, 11) is 0. The molecular formula is C24H21N3O3S. The van der Waals surface area contributed by atoms with Crippen LogP contribution in [-0.2, 0) is 9.59 Å². The van der Waals surface area contributed by atoms with Crippen LogP contribution in [0.3, 0.4) is 0 Å². The summed E-state index contributed by atoms with van der Waals surface area (Å²) in [6.45, 7) is 3.65. The predicted molar refractivity (Wildman–Crippen MR) is 123 cm³/mol. The summed E-state index contributed by atoms with van der Waals surface area (Å²) in [5.74, 6) is -0.875. The number of para-hydroxylation sites is 2. The second-order valence-corrected chi connectivity index (χ2v) is 8.17. The van der Waals surface area contributed by atoms with Crippen molar-refractivity contribution in [3.8, 4) is 5.69 Å². The lowest BCUT2D eigenvalue weighted by atomic mass is 10.2. The maximum Gasteiger partial charge on any atom is 0.294 e. The number of hydrogen-bond acceptors (Lipinski definition) is 4. The molecule has 1 aliphatic rings. The number of thioether (sulfide) groups is 1. The second kappa shape index (κ2) is 8.65. The number of anilines is 1. The minimum atomic E-state index is -0.456. The van der Waals surface area contributed by atoms with E-state index in [1.807, 2.05) is 56.3 Å². The summed E-state index contributed by atoms with van der Waals surface area (Å²) in [4.78, 5) is 38.8. The highest BCUT2D eigenvalue weighted by Gasteiger charge is 2.36. The molecule has 0 atom stereocenters. The zero-order valence-electron chi connectivity index (χ0n) is 17.2. The molecule has 156 valence electrons. The van der Waals surface area contributed by atoms with Gasteiger partial charge in [0.15, 0.2) is 0 Å². The van der Waals surface area contributed by atoms with Crippen LogP contribution in [0.5, 0.6) is 0 Å². The molecular weight excluding hydrogens is 410 g/mol. The normalized spacial score (nSPS) is 15.0. The van der Waals surface area contributed by atoms with E-state index < -0.39 is 17.1 Å². The molecule has 2 aromatic carbocycles. The van der Waals surface area contributed by atoms with Crippen LogP contribution in [0.25, 0.3) is 11.8 Å². The summed E-state index contributed by atoms with van der Waals surface area (Å²) in [5.41, 5.74) is 4.50. The fraction of sp³-hybridized carbons (Fsp3) is 0.125. The number of benzene rings is 2. The van der Waals surface area contributed by atoms with Gasteiger partial charge in [0.1, 0.15) is 6.54 Å². The lowest BCUT2D eigenvalue weighted by Gasteiger charge is -2.12. The van der Waals surface area contributed by atoms with E-state index in [1.54, 1.807) is 30.3 Å². The second-order valence-electron chi connectivity index (χ2n) is 7.18. The minimum absolute atomic E-state index is 0.311. The van der Waals surface area contributed by atoms with Crippen molar-refractivity contribution in [2.24, 2.45) is 0 Å². The first kappa shape index (κ1) is 20.7. The summed E-state index contributed by atoms with van der Waals surface area (Å²) in [6, 6.07) is 20.8. The number of carbonyl (C=O) groups is 3. The van der Waals surface area contributed by atoms with Gasteiger partial charge in [-0.25, -0.2) is 0 Å². The van der Waals surface area contributed by atoms with E-state index in [1.165, 1.54) is 0 Å². The van der Waals surface area contributed by atoms with Crippen LogP contribution in [0.1, 0.15) is 17.0 Å². The third-order valence-corrected chi connectivity index (χ3v) is 5.91. The molecule has 31 heavy (non-hydrogen) atoms. The summed E-state index contributed by atoms with van der Waals surface area (Å²) >= 11 is 0.854. The zero-order valence-corrected chi connectivity index (χ0v) is 18.0. The van der Waals surface area contributed by atoms with Crippen molar-refractivity contribution in [3.63, 3.8) is 0 Å². The Morgan fingerprint density at radius 1 is 1.00 bits per heavy atom. The van der Waals surface area contributed by atoms with Crippen LogP contribution >= 0.6 is 11.8 Å². The monoisotopic (exact) mass is 431 g/mol. The van der Waals surface area contributed by atoms with Crippen molar-refractivity contribution >= 4 is 40.6 Å². The van der Waals surface area contributed by atoms with Crippen molar-refractivity contribution in [1.82, 2.24) is 9.47 Å². The smallest absolute Gasteiger partial charge is 0.294 e. The molecule has 1 aromatic heterocycles. The van der Waals surface area contributed by atoms with E-state index in [2.05, 4.69) is 9.88 Å². The number of carbonyl (C=O) groups excluding carboxylic acids is 3. The van der Waals surface area contributed by atoms with Gasteiger partial charge in [-0.2, -0.15) is 0 Å². The molecule has 6 nitrogen and oxygen atoms in total. The van der Waals surface area contributed by atoms with Crippen LogP contribution in [0.4, 0.5) is 10.5 Å². The molecule has 7 heteroatoms. The number of imide groups is 1. The maximum atomic E-state index is 12.8. The molecule has 4 rings (SSSR count). The Kier molecular flexibility index (Phi) is 5.77. The first-order valence-electron chi connectivity index (χ1n) is 9.78. The summed E-state index contributed by atoms with van der Waals surface area (Å²) < 4.78 is 2.10. The number of aromatic nitrogens is 1. The standard InChI is InChI=1S/C24H21N3O3S/c1-16-13-18(17(2)27(16)20-11-7-4-8-12-20)14-21-23(29)26(24(30)31-21)15-22(28)25-19-9-5-3-6-10-19/h3-14H,15H2,1-2H3,(H,25,28)/b21-14+. The molecule has 0 spiro atoms. The third-order valence-electron chi connectivity index (χ3n) is 5.00. The van der Waals surface area contributed by atoms with Gasteiger partial charge in [0.2, 0.25) is 5.91 Å². The van der Waals surface area contributed by atoms with Gasteiger partial charge in [-0.3, -0.25) is 19.3 Å². The SMILES string of the molecule is Cc1cc(/C=C2/SC(=O)N(CC(=O)Nc3ccccc3)C2=O)c(C)n1-c1ccccc1. The van der Waals surface area contributed by atoms with Crippen LogP contribution < -0.4 is 5.32 Å². The fourth-order valence-corrected chi connectivity index (χ4v) is 4.38. The van der Waals surface area contributed by atoms with Gasteiger partial charge in [0, 0.05) is 22.8 Å². The molecule has 3 amide bonds. The van der Waals surface area contributed by atoms with Gasteiger partial charge < -0.3 is 9.88 Å². The van der Waals surface area contributed by atoms with Crippen LogP contribution in [0.2, 0.25) is 0 Å². The molecule has 0 bridgehead atoms. The largest absolute Gasteiger partial charge is 0.325 e. The fourth-order valence-electron chi connectivity index (χ4n) is 3.55. The number of hydrogen-bond donors (Lipinski definition) is 1. The molecule has 0 unspecified atom stereocenters. The highest BCUT2D eigenvalue weighted by Crippen LogP contribution is 2.33. The average Bonchev–Trinajstić information content (AvgIpc) is 3.18. The number of rotatable bonds is 5. The third kappa shape index (κ3) is 4.32. The molecule has 1 aliphatic heterocycles. The number of amides is 3. The molecule has 2 heterocycles. The van der Waals surface area contributed by atoms with Gasteiger partial charge in [0.25, 0.3) is 11.1 Å². The maximum absolute atomic E-state index is 12.8. The van der Waals surface area contributed by atoms with Gasteiger partial charge in [-0.15, -0.1) is 0 Å². The first-order chi connectivity index (χ1) is 14.9. The predicted octanol–water partition coefficient (Wildman–Crippen LogP) is 4.77. The lowest BCUT2D eigenvalue weighted by molar-refractivity contribution is -0.127. The zero-order chi connectivity index (χ0) is 22.0. The van der Waals surface area contributed by atoms with Crippen LogP contribution in [0.15, 0.2) is 71.6 Å². The first-order valence-corrected chi connectivity index (χ1v) is 10.6. The molecule has 1 fully saturated rings. The van der Waals surface area contributed by atoms with Gasteiger partial charge >= 0.3 is 0 Å². The molecule has 1 saturated heterocycles. The van der Waals surface area contributed by atoms with Gasteiger partial charge in [-0.05, 0) is 67.6 Å². The highest BCUT2D eigenvalue weighted by molar-refractivity contribution is 8.18.